The van der Waals surface area contributed by atoms with Gasteiger partial charge in [0.25, 0.3) is 0 Å². The Labute approximate surface area is 187 Å². The molecule has 0 atom stereocenters. The smallest absolute Gasteiger partial charge is 0.161 e. The van der Waals surface area contributed by atoms with Crippen molar-refractivity contribution in [2.24, 2.45) is 0 Å². The summed E-state index contributed by atoms with van der Waals surface area (Å²) in [5.41, 5.74) is 4.95. The highest BCUT2D eigenvalue weighted by atomic mass is 19.1. The Kier molecular flexibility index (Phi) is 6.63. The predicted octanol–water partition coefficient (Wildman–Crippen LogP) is 5.97. The second kappa shape index (κ2) is 9.59. The highest BCUT2D eigenvalue weighted by molar-refractivity contribution is 5.83. The average Bonchev–Trinajstić information content (AvgIpc) is 2.78. The van der Waals surface area contributed by atoms with E-state index < -0.39 is 0 Å². The Balaban J connectivity index is 1.84. The van der Waals surface area contributed by atoms with E-state index >= 15 is 0 Å². The maximum Gasteiger partial charge on any atom is 0.161 e. The van der Waals surface area contributed by atoms with Crippen LogP contribution >= 0.6 is 0 Å². The van der Waals surface area contributed by atoms with Crippen LogP contribution in [-0.4, -0.2) is 27.1 Å². The van der Waals surface area contributed by atoms with Crippen molar-refractivity contribution in [2.45, 2.75) is 33.2 Å². The summed E-state index contributed by atoms with van der Waals surface area (Å²) >= 11 is 0. The summed E-state index contributed by atoms with van der Waals surface area (Å²) in [6.07, 6.45) is 0.0200. The number of rotatable bonds is 8. The van der Waals surface area contributed by atoms with E-state index in [9.17, 15) is 4.39 Å². The molecular weight excluding hydrogens is 411 g/mol. The van der Waals surface area contributed by atoms with E-state index in [0.717, 1.165) is 27.8 Å². The highest BCUT2D eigenvalue weighted by Crippen LogP contribution is 2.45. The Morgan fingerprint density at radius 2 is 1.75 bits per heavy atom. The number of ether oxygens (including phenoxy) is 5. The van der Waals surface area contributed by atoms with E-state index in [-0.39, 0.29) is 25.3 Å². The molecule has 0 aliphatic carbocycles. The van der Waals surface area contributed by atoms with Crippen LogP contribution in [-0.2, 0) is 22.7 Å². The van der Waals surface area contributed by atoms with Crippen LogP contribution in [0.15, 0.2) is 48.5 Å². The molecule has 5 nitrogen and oxygen atoms in total. The third kappa shape index (κ3) is 4.42. The number of fused-ring (bicyclic) bond motifs is 3. The van der Waals surface area contributed by atoms with Crippen LogP contribution in [0.3, 0.4) is 0 Å². The van der Waals surface area contributed by atoms with E-state index in [4.69, 9.17) is 23.7 Å². The molecule has 3 aromatic rings. The van der Waals surface area contributed by atoms with Gasteiger partial charge in [0.15, 0.2) is 11.5 Å². The molecule has 1 heterocycles. The molecule has 0 bridgehead atoms. The molecule has 32 heavy (non-hydrogen) atoms. The van der Waals surface area contributed by atoms with Crippen LogP contribution in [0.2, 0.25) is 0 Å². The molecule has 0 saturated heterocycles. The van der Waals surface area contributed by atoms with Crippen LogP contribution in [0.5, 0.6) is 17.2 Å². The van der Waals surface area contributed by atoms with E-state index in [0.29, 0.717) is 29.4 Å². The van der Waals surface area contributed by atoms with Crippen molar-refractivity contribution in [3.05, 3.63) is 65.5 Å². The van der Waals surface area contributed by atoms with Crippen LogP contribution < -0.4 is 14.2 Å². The SMILES string of the molecule is COCOCc1cc2c(cc1-c1ccccc1F)OCc1cc(OC(C)C)c(OC)cc1-2. The fourth-order valence-corrected chi connectivity index (χ4v) is 3.87. The summed E-state index contributed by atoms with van der Waals surface area (Å²) in [7, 11) is 3.19. The molecule has 1 aliphatic heterocycles. The number of benzene rings is 3. The Morgan fingerprint density at radius 3 is 2.47 bits per heavy atom. The standard InChI is InChI=1S/C26H27FO5/c1-16(2)32-26-10-18-14-31-24-11-20(19-7-5-6-8-23(19)27)17(13-30-15-28-3)9-22(24)21(18)12-25(26)29-4/h5-12,16H,13-15H2,1-4H3. The molecule has 6 heteroatoms. The quantitative estimate of drug-likeness (QED) is 0.320. The van der Waals surface area contributed by atoms with Gasteiger partial charge >= 0.3 is 0 Å². The molecule has 0 aromatic heterocycles. The summed E-state index contributed by atoms with van der Waals surface area (Å²) in [6, 6.07) is 14.5. The molecule has 0 unspecified atom stereocenters. The lowest BCUT2D eigenvalue weighted by Gasteiger charge is -2.25. The van der Waals surface area contributed by atoms with Gasteiger partial charge in [0.2, 0.25) is 0 Å². The second-order valence-electron chi connectivity index (χ2n) is 7.86. The van der Waals surface area contributed by atoms with Crippen LogP contribution in [0.1, 0.15) is 25.0 Å². The van der Waals surface area contributed by atoms with Gasteiger partial charge < -0.3 is 23.7 Å². The topological polar surface area (TPSA) is 46.2 Å². The first-order valence-corrected chi connectivity index (χ1v) is 10.5. The van der Waals surface area contributed by atoms with Crippen LogP contribution in [0.25, 0.3) is 22.3 Å². The predicted molar refractivity (Wildman–Crippen MR) is 121 cm³/mol. The number of hydrogen-bond donors (Lipinski definition) is 0. The van der Waals surface area contributed by atoms with Crippen molar-refractivity contribution in [1.29, 1.82) is 0 Å². The van der Waals surface area contributed by atoms with Crippen molar-refractivity contribution in [3.63, 3.8) is 0 Å². The van der Waals surface area contributed by atoms with Crippen molar-refractivity contribution in [2.75, 3.05) is 21.0 Å². The van der Waals surface area contributed by atoms with Crippen molar-refractivity contribution < 1.29 is 28.1 Å². The van der Waals surface area contributed by atoms with E-state index in [1.54, 1.807) is 26.4 Å². The number of methoxy groups -OCH3 is 2. The summed E-state index contributed by atoms with van der Waals surface area (Å²) in [6.45, 7) is 4.75. The summed E-state index contributed by atoms with van der Waals surface area (Å²) in [5, 5.41) is 0. The minimum absolute atomic E-state index is 0.0200. The summed E-state index contributed by atoms with van der Waals surface area (Å²) in [4.78, 5) is 0. The van der Waals surface area contributed by atoms with Crippen molar-refractivity contribution >= 4 is 0 Å². The fourth-order valence-electron chi connectivity index (χ4n) is 3.87. The molecular formula is C26H27FO5. The zero-order valence-corrected chi connectivity index (χ0v) is 18.7. The van der Waals surface area contributed by atoms with Gasteiger partial charge in [-0.05, 0) is 60.9 Å². The maximum atomic E-state index is 14.6. The molecule has 168 valence electrons. The Bertz CT molecular complexity index is 1110. The minimum Gasteiger partial charge on any atom is -0.493 e. The van der Waals surface area contributed by atoms with Crippen molar-refractivity contribution in [1.82, 2.24) is 0 Å². The second-order valence-corrected chi connectivity index (χ2v) is 7.86. The largest absolute Gasteiger partial charge is 0.493 e. The van der Waals surface area contributed by atoms with Gasteiger partial charge in [-0.2, -0.15) is 0 Å². The third-order valence-corrected chi connectivity index (χ3v) is 5.25. The van der Waals surface area contributed by atoms with Gasteiger partial charge in [0.05, 0.1) is 19.8 Å². The van der Waals surface area contributed by atoms with E-state index in [1.165, 1.54) is 6.07 Å². The van der Waals surface area contributed by atoms with Gasteiger partial charge in [-0.3, -0.25) is 0 Å². The molecule has 0 radical (unpaired) electrons. The van der Waals surface area contributed by atoms with E-state index in [2.05, 4.69) is 0 Å². The number of halogens is 1. The lowest BCUT2D eigenvalue weighted by molar-refractivity contribution is -0.0389. The van der Waals surface area contributed by atoms with Crippen LogP contribution in [0, 0.1) is 5.82 Å². The normalized spacial score (nSPS) is 12.2. The molecule has 0 N–H and O–H groups in total. The van der Waals surface area contributed by atoms with Gasteiger partial charge in [0, 0.05) is 23.8 Å². The van der Waals surface area contributed by atoms with Crippen molar-refractivity contribution in [3.8, 4) is 39.5 Å². The summed E-state index contributed by atoms with van der Waals surface area (Å²) in [5.74, 6) is 1.72. The highest BCUT2D eigenvalue weighted by Gasteiger charge is 2.24. The van der Waals surface area contributed by atoms with Gasteiger partial charge in [-0.25, -0.2) is 4.39 Å². The zero-order chi connectivity index (χ0) is 22.7. The first-order chi connectivity index (χ1) is 15.5. The lowest BCUT2D eigenvalue weighted by atomic mass is 9.90. The maximum absolute atomic E-state index is 14.6. The summed E-state index contributed by atoms with van der Waals surface area (Å²) < 4.78 is 42.9. The van der Waals surface area contributed by atoms with E-state index in [1.807, 2.05) is 44.2 Å². The molecule has 0 saturated carbocycles. The van der Waals surface area contributed by atoms with Gasteiger partial charge in [-0.1, -0.05) is 18.2 Å². The Hall–Kier alpha value is -3.09. The van der Waals surface area contributed by atoms with Crippen LogP contribution in [0.4, 0.5) is 4.39 Å². The third-order valence-electron chi connectivity index (χ3n) is 5.25. The molecule has 0 fully saturated rings. The Morgan fingerprint density at radius 1 is 0.938 bits per heavy atom. The molecule has 1 aliphatic rings. The number of hydrogen-bond acceptors (Lipinski definition) is 5. The first-order valence-electron chi connectivity index (χ1n) is 10.5. The zero-order valence-electron chi connectivity index (χ0n) is 18.7. The fraction of sp³-hybridized carbons (Fsp3) is 0.308. The monoisotopic (exact) mass is 438 g/mol. The first kappa shape index (κ1) is 22.1. The van der Waals surface area contributed by atoms with Gasteiger partial charge in [-0.15, -0.1) is 0 Å². The molecule has 0 amide bonds. The minimum atomic E-state index is -0.297. The lowest BCUT2D eigenvalue weighted by Crippen LogP contribution is -2.11. The molecule has 3 aromatic carbocycles. The van der Waals surface area contributed by atoms with Gasteiger partial charge in [0.1, 0.15) is 25.0 Å². The average molecular weight is 438 g/mol. The molecule has 4 rings (SSSR count). The molecule has 0 spiro atoms.